The van der Waals surface area contributed by atoms with Crippen LogP contribution in [0.1, 0.15) is 38.9 Å². The standard InChI is InChI=1S/C10H19N3OS/c1-3-5-9-12-10(15-13-9)11-7-4-6-8(2)14/h8,14H,3-7H2,1-2H3,(H,11,12,13). The summed E-state index contributed by atoms with van der Waals surface area (Å²) in [6.45, 7) is 4.78. The van der Waals surface area contributed by atoms with Crippen LogP contribution in [0.5, 0.6) is 0 Å². The molecule has 0 spiro atoms. The minimum Gasteiger partial charge on any atom is -0.393 e. The lowest BCUT2D eigenvalue weighted by Crippen LogP contribution is -2.06. The highest BCUT2D eigenvalue weighted by Crippen LogP contribution is 2.12. The van der Waals surface area contributed by atoms with Gasteiger partial charge in [0.25, 0.3) is 0 Å². The minimum absolute atomic E-state index is 0.211. The monoisotopic (exact) mass is 229 g/mol. The van der Waals surface area contributed by atoms with Crippen molar-refractivity contribution >= 4 is 16.7 Å². The molecule has 0 aliphatic carbocycles. The first kappa shape index (κ1) is 12.4. The Labute approximate surface area is 94.9 Å². The van der Waals surface area contributed by atoms with Crippen LogP contribution < -0.4 is 5.32 Å². The van der Waals surface area contributed by atoms with Crippen LogP contribution in [0.15, 0.2) is 0 Å². The number of aliphatic hydroxyl groups is 1. The SMILES string of the molecule is CCCc1nsc(NCCCC(C)O)n1. The molecule has 1 heterocycles. The Morgan fingerprint density at radius 3 is 3.00 bits per heavy atom. The molecule has 4 nitrogen and oxygen atoms in total. The molecule has 1 aromatic rings. The fourth-order valence-electron chi connectivity index (χ4n) is 1.24. The van der Waals surface area contributed by atoms with Gasteiger partial charge >= 0.3 is 0 Å². The van der Waals surface area contributed by atoms with E-state index in [0.29, 0.717) is 0 Å². The topological polar surface area (TPSA) is 58.0 Å². The number of nitrogens with one attached hydrogen (secondary N) is 1. The molecule has 0 aromatic carbocycles. The van der Waals surface area contributed by atoms with Gasteiger partial charge in [0.1, 0.15) is 5.82 Å². The normalized spacial score (nSPS) is 12.7. The summed E-state index contributed by atoms with van der Waals surface area (Å²) >= 11 is 1.41. The first-order chi connectivity index (χ1) is 7.22. The third-order valence-corrected chi connectivity index (χ3v) is 2.73. The average molecular weight is 229 g/mol. The second-order valence-corrected chi connectivity index (χ2v) is 4.44. The largest absolute Gasteiger partial charge is 0.393 e. The summed E-state index contributed by atoms with van der Waals surface area (Å²) in [5.74, 6) is 0.931. The van der Waals surface area contributed by atoms with Crippen LogP contribution in [0.2, 0.25) is 0 Å². The summed E-state index contributed by atoms with van der Waals surface area (Å²) in [5, 5.41) is 13.2. The summed E-state index contributed by atoms with van der Waals surface area (Å²) in [5.41, 5.74) is 0. The number of rotatable bonds is 7. The first-order valence-corrected chi connectivity index (χ1v) is 6.24. The van der Waals surface area contributed by atoms with Gasteiger partial charge in [-0.2, -0.15) is 4.37 Å². The molecule has 1 atom stereocenters. The van der Waals surface area contributed by atoms with E-state index >= 15 is 0 Å². The van der Waals surface area contributed by atoms with E-state index in [9.17, 15) is 0 Å². The van der Waals surface area contributed by atoms with E-state index < -0.39 is 0 Å². The van der Waals surface area contributed by atoms with Crippen LogP contribution in [-0.4, -0.2) is 27.1 Å². The van der Waals surface area contributed by atoms with Crippen molar-refractivity contribution in [2.75, 3.05) is 11.9 Å². The molecule has 0 saturated carbocycles. The fraction of sp³-hybridized carbons (Fsp3) is 0.800. The summed E-state index contributed by atoms with van der Waals surface area (Å²) < 4.78 is 4.24. The van der Waals surface area contributed by atoms with Crippen molar-refractivity contribution < 1.29 is 5.11 Å². The molecular formula is C10H19N3OS. The summed E-state index contributed by atoms with van der Waals surface area (Å²) in [4.78, 5) is 4.35. The van der Waals surface area contributed by atoms with Gasteiger partial charge < -0.3 is 10.4 Å². The van der Waals surface area contributed by atoms with Gasteiger partial charge in [0.15, 0.2) is 0 Å². The van der Waals surface area contributed by atoms with Crippen molar-refractivity contribution in [3.63, 3.8) is 0 Å². The molecule has 1 unspecified atom stereocenters. The summed E-state index contributed by atoms with van der Waals surface area (Å²) in [6.07, 6.45) is 3.61. The van der Waals surface area contributed by atoms with Gasteiger partial charge in [0.05, 0.1) is 6.10 Å². The average Bonchev–Trinajstić information content (AvgIpc) is 2.61. The van der Waals surface area contributed by atoms with E-state index in [2.05, 4.69) is 21.6 Å². The minimum atomic E-state index is -0.211. The van der Waals surface area contributed by atoms with E-state index in [-0.39, 0.29) is 6.10 Å². The maximum atomic E-state index is 9.07. The highest BCUT2D eigenvalue weighted by Gasteiger charge is 2.02. The van der Waals surface area contributed by atoms with Crippen molar-refractivity contribution in [3.05, 3.63) is 5.82 Å². The molecule has 0 aliphatic heterocycles. The smallest absolute Gasteiger partial charge is 0.202 e. The van der Waals surface area contributed by atoms with Crippen LogP contribution in [0.25, 0.3) is 0 Å². The molecule has 15 heavy (non-hydrogen) atoms. The Bertz CT molecular complexity index is 275. The van der Waals surface area contributed by atoms with E-state index in [1.54, 1.807) is 0 Å². The third kappa shape index (κ3) is 5.09. The molecule has 0 saturated heterocycles. The summed E-state index contributed by atoms with van der Waals surface area (Å²) in [6, 6.07) is 0. The van der Waals surface area contributed by atoms with E-state index in [1.807, 2.05) is 6.92 Å². The third-order valence-electron chi connectivity index (χ3n) is 2.02. The molecule has 0 amide bonds. The van der Waals surface area contributed by atoms with E-state index in [4.69, 9.17) is 5.11 Å². The van der Waals surface area contributed by atoms with Crippen LogP contribution in [0.4, 0.5) is 5.13 Å². The number of aromatic nitrogens is 2. The Morgan fingerprint density at radius 1 is 1.53 bits per heavy atom. The molecule has 86 valence electrons. The van der Waals surface area contributed by atoms with Gasteiger partial charge in [-0.05, 0) is 26.2 Å². The number of nitrogens with zero attached hydrogens (tertiary/aromatic N) is 2. The lowest BCUT2D eigenvalue weighted by atomic mass is 10.2. The maximum absolute atomic E-state index is 9.07. The lowest BCUT2D eigenvalue weighted by Gasteiger charge is -2.03. The Hall–Kier alpha value is -0.680. The van der Waals surface area contributed by atoms with Crippen molar-refractivity contribution in [1.82, 2.24) is 9.36 Å². The molecule has 0 aliphatic rings. The maximum Gasteiger partial charge on any atom is 0.202 e. The van der Waals surface area contributed by atoms with Crippen LogP contribution in [0.3, 0.4) is 0 Å². The first-order valence-electron chi connectivity index (χ1n) is 5.47. The number of hydrogen-bond acceptors (Lipinski definition) is 5. The summed E-state index contributed by atoms with van der Waals surface area (Å²) in [7, 11) is 0. The quantitative estimate of drug-likeness (QED) is 0.703. The molecule has 2 N–H and O–H groups in total. The van der Waals surface area contributed by atoms with Gasteiger partial charge in [-0.1, -0.05) is 6.92 Å². The van der Waals surface area contributed by atoms with Crippen LogP contribution in [0, 0.1) is 0 Å². The fourth-order valence-corrected chi connectivity index (χ4v) is 1.88. The van der Waals surface area contributed by atoms with Gasteiger partial charge in [-0.3, -0.25) is 0 Å². The van der Waals surface area contributed by atoms with Gasteiger partial charge in [-0.15, -0.1) is 0 Å². The molecule has 1 rings (SSSR count). The Morgan fingerprint density at radius 2 is 2.33 bits per heavy atom. The van der Waals surface area contributed by atoms with Crippen molar-refractivity contribution in [1.29, 1.82) is 0 Å². The van der Waals surface area contributed by atoms with Crippen molar-refractivity contribution in [3.8, 4) is 0 Å². The van der Waals surface area contributed by atoms with Gasteiger partial charge in [-0.25, -0.2) is 4.98 Å². The molecular weight excluding hydrogens is 210 g/mol. The highest BCUT2D eigenvalue weighted by atomic mass is 32.1. The number of hydrogen-bond donors (Lipinski definition) is 2. The Kier molecular flexibility index (Phi) is 5.57. The van der Waals surface area contributed by atoms with Crippen molar-refractivity contribution in [2.24, 2.45) is 0 Å². The number of aliphatic hydroxyl groups excluding tert-OH is 1. The zero-order chi connectivity index (χ0) is 11.1. The molecule has 5 heteroatoms. The Balaban J connectivity index is 2.19. The van der Waals surface area contributed by atoms with Crippen molar-refractivity contribution in [2.45, 2.75) is 45.6 Å². The molecule has 0 radical (unpaired) electrons. The second kappa shape index (κ2) is 6.74. The number of anilines is 1. The predicted molar refractivity (Wildman–Crippen MR) is 63.3 cm³/mol. The molecule has 0 fully saturated rings. The van der Waals surface area contributed by atoms with Crippen LogP contribution >= 0.6 is 11.5 Å². The second-order valence-electron chi connectivity index (χ2n) is 3.68. The number of aryl methyl sites for hydroxylation is 1. The molecule has 0 bridgehead atoms. The van der Waals surface area contributed by atoms with Gasteiger partial charge in [0, 0.05) is 24.5 Å². The zero-order valence-corrected chi connectivity index (χ0v) is 10.2. The van der Waals surface area contributed by atoms with Gasteiger partial charge in [0.2, 0.25) is 5.13 Å². The predicted octanol–water partition coefficient (Wildman–Crippen LogP) is 2.06. The molecule has 1 aromatic heterocycles. The van der Waals surface area contributed by atoms with E-state index in [1.165, 1.54) is 11.5 Å². The highest BCUT2D eigenvalue weighted by molar-refractivity contribution is 7.09. The van der Waals surface area contributed by atoms with E-state index in [0.717, 1.165) is 43.2 Å². The lowest BCUT2D eigenvalue weighted by molar-refractivity contribution is 0.183. The zero-order valence-electron chi connectivity index (χ0n) is 9.36. The van der Waals surface area contributed by atoms with Crippen LogP contribution in [-0.2, 0) is 6.42 Å².